The number of methoxy groups -OCH3 is 1. The zero-order valence-corrected chi connectivity index (χ0v) is 13.3. The fourth-order valence-corrected chi connectivity index (χ4v) is 2.79. The molecule has 1 fully saturated rings. The topological polar surface area (TPSA) is 41.5 Å². The molecule has 1 aliphatic heterocycles. The Labute approximate surface area is 122 Å². The highest BCUT2D eigenvalue weighted by molar-refractivity contribution is 5.39. The van der Waals surface area contributed by atoms with E-state index in [0.717, 1.165) is 43.3 Å². The quantitative estimate of drug-likeness (QED) is 0.816. The summed E-state index contributed by atoms with van der Waals surface area (Å²) in [5, 5.41) is 0. The van der Waals surface area contributed by atoms with Crippen molar-refractivity contribution in [2.24, 2.45) is 0 Å². The van der Waals surface area contributed by atoms with Gasteiger partial charge in [0.2, 0.25) is 0 Å². The molecule has 2 rings (SSSR count). The molecule has 1 aromatic heterocycles. The van der Waals surface area contributed by atoms with Gasteiger partial charge in [0.25, 0.3) is 0 Å². The van der Waals surface area contributed by atoms with E-state index in [0.29, 0.717) is 12.1 Å². The van der Waals surface area contributed by atoms with E-state index in [-0.39, 0.29) is 0 Å². The van der Waals surface area contributed by atoms with Crippen LogP contribution < -0.4 is 4.90 Å². The molecule has 1 aromatic rings. The number of likely N-dealkylation sites (N-methyl/N-ethyl adjacent to an activating group) is 2. The van der Waals surface area contributed by atoms with E-state index in [1.54, 1.807) is 7.11 Å². The summed E-state index contributed by atoms with van der Waals surface area (Å²) in [5.74, 6) is 1.94. The smallest absolute Gasteiger partial charge is 0.132 e. The van der Waals surface area contributed by atoms with Crippen LogP contribution in [0.1, 0.15) is 24.9 Å². The number of anilines is 1. The monoisotopic (exact) mass is 278 g/mol. The minimum Gasteiger partial charge on any atom is -0.380 e. The molecule has 112 valence electrons. The Morgan fingerprint density at radius 2 is 2.20 bits per heavy atom. The minimum absolute atomic E-state index is 0.358. The second kappa shape index (κ2) is 6.50. The summed E-state index contributed by atoms with van der Waals surface area (Å²) in [7, 11) is 6.07. The molecule has 0 spiro atoms. The maximum absolute atomic E-state index is 5.47. The molecule has 0 unspecified atom stereocenters. The van der Waals surface area contributed by atoms with Crippen molar-refractivity contribution in [2.75, 3.05) is 39.2 Å². The Kier molecular flexibility index (Phi) is 4.94. The molecule has 5 nitrogen and oxygen atoms in total. The molecule has 0 amide bonds. The summed E-state index contributed by atoms with van der Waals surface area (Å²) in [4.78, 5) is 13.7. The van der Waals surface area contributed by atoms with Crippen LogP contribution in [0, 0.1) is 6.92 Å². The SMILES string of the molecule is CCc1nc(C)cc(N(C)C[C@@H]2C[C@H](OC)CN2C)n1. The van der Waals surface area contributed by atoms with Crippen LogP contribution in [0.2, 0.25) is 0 Å². The first-order valence-electron chi connectivity index (χ1n) is 7.32. The highest BCUT2D eigenvalue weighted by Gasteiger charge is 2.30. The molecular formula is C15H26N4O. The van der Waals surface area contributed by atoms with Crippen molar-refractivity contribution in [2.45, 2.75) is 38.8 Å². The van der Waals surface area contributed by atoms with Crippen molar-refractivity contribution in [3.8, 4) is 0 Å². The lowest BCUT2D eigenvalue weighted by atomic mass is 10.2. The number of ether oxygens (including phenoxy) is 1. The van der Waals surface area contributed by atoms with Crippen LogP contribution in [0.4, 0.5) is 5.82 Å². The van der Waals surface area contributed by atoms with Crippen molar-refractivity contribution >= 4 is 5.82 Å². The lowest BCUT2D eigenvalue weighted by Crippen LogP contribution is -2.37. The number of hydrogen-bond acceptors (Lipinski definition) is 5. The third-order valence-electron chi connectivity index (χ3n) is 4.06. The van der Waals surface area contributed by atoms with Gasteiger partial charge in [-0.15, -0.1) is 0 Å². The Hall–Kier alpha value is -1.20. The first-order valence-corrected chi connectivity index (χ1v) is 7.32. The highest BCUT2D eigenvalue weighted by Crippen LogP contribution is 2.20. The third-order valence-corrected chi connectivity index (χ3v) is 4.06. The molecule has 2 atom stereocenters. The molecular weight excluding hydrogens is 252 g/mol. The van der Waals surface area contributed by atoms with Crippen LogP contribution in [-0.2, 0) is 11.2 Å². The Morgan fingerprint density at radius 1 is 1.45 bits per heavy atom. The van der Waals surface area contributed by atoms with Crippen LogP contribution in [0.5, 0.6) is 0 Å². The van der Waals surface area contributed by atoms with Gasteiger partial charge in [-0.3, -0.25) is 4.90 Å². The predicted octanol–water partition coefficient (Wildman–Crippen LogP) is 1.50. The molecule has 0 bridgehead atoms. The maximum atomic E-state index is 5.47. The fourth-order valence-electron chi connectivity index (χ4n) is 2.79. The van der Waals surface area contributed by atoms with Crippen LogP contribution in [0.3, 0.4) is 0 Å². The van der Waals surface area contributed by atoms with Gasteiger partial charge >= 0.3 is 0 Å². The van der Waals surface area contributed by atoms with Crippen LogP contribution >= 0.6 is 0 Å². The molecule has 5 heteroatoms. The van der Waals surface area contributed by atoms with Crippen molar-refractivity contribution in [1.29, 1.82) is 0 Å². The summed E-state index contributed by atoms with van der Waals surface area (Å²) in [6, 6.07) is 2.58. The van der Waals surface area contributed by atoms with Crippen molar-refractivity contribution in [1.82, 2.24) is 14.9 Å². The summed E-state index contributed by atoms with van der Waals surface area (Å²) in [6.45, 7) is 6.10. The van der Waals surface area contributed by atoms with Crippen molar-refractivity contribution < 1.29 is 4.74 Å². The number of nitrogens with zero attached hydrogens (tertiary/aromatic N) is 4. The first kappa shape index (κ1) is 15.2. The summed E-state index contributed by atoms with van der Waals surface area (Å²) >= 11 is 0. The van der Waals surface area contributed by atoms with Crippen LogP contribution in [0.15, 0.2) is 6.07 Å². The Bertz CT molecular complexity index is 451. The minimum atomic E-state index is 0.358. The number of aryl methyl sites for hydroxylation is 2. The molecule has 0 N–H and O–H groups in total. The van der Waals surface area contributed by atoms with Crippen LogP contribution in [-0.4, -0.2) is 61.3 Å². The summed E-state index contributed by atoms with van der Waals surface area (Å²) < 4.78 is 5.47. The van der Waals surface area contributed by atoms with E-state index >= 15 is 0 Å². The Morgan fingerprint density at radius 3 is 2.80 bits per heavy atom. The highest BCUT2D eigenvalue weighted by atomic mass is 16.5. The second-order valence-electron chi connectivity index (χ2n) is 5.70. The molecule has 20 heavy (non-hydrogen) atoms. The molecule has 1 saturated heterocycles. The van der Waals surface area contributed by atoms with Crippen molar-refractivity contribution in [3.05, 3.63) is 17.6 Å². The normalized spacial score (nSPS) is 23.2. The van der Waals surface area contributed by atoms with E-state index < -0.39 is 0 Å². The molecule has 2 heterocycles. The van der Waals surface area contributed by atoms with E-state index in [9.17, 15) is 0 Å². The molecule has 0 saturated carbocycles. The van der Waals surface area contributed by atoms with Gasteiger partial charge in [-0.25, -0.2) is 9.97 Å². The van der Waals surface area contributed by atoms with E-state index in [2.05, 4.69) is 46.9 Å². The molecule has 0 aromatic carbocycles. The van der Waals surface area contributed by atoms with Gasteiger partial charge in [0.05, 0.1) is 6.10 Å². The maximum Gasteiger partial charge on any atom is 0.132 e. The van der Waals surface area contributed by atoms with Gasteiger partial charge in [0, 0.05) is 51.5 Å². The van der Waals surface area contributed by atoms with Crippen molar-refractivity contribution in [3.63, 3.8) is 0 Å². The van der Waals surface area contributed by atoms with Gasteiger partial charge in [0.15, 0.2) is 0 Å². The van der Waals surface area contributed by atoms with E-state index in [1.165, 1.54) is 0 Å². The predicted molar refractivity (Wildman–Crippen MR) is 81.2 cm³/mol. The van der Waals surface area contributed by atoms with E-state index in [4.69, 9.17) is 4.74 Å². The number of aromatic nitrogens is 2. The average molecular weight is 278 g/mol. The zero-order chi connectivity index (χ0) is 14.7. The lowest BCUT2D eigenvalue weighted by molar-refractivity contribution is 0.111. The molecule has 0 aliphatic carbocycles. The molecule has 1 aliphatic rings. The lowest BCUT2D eigenvalue weighted by Gasteiger charge is -2.26. The number of hydrogen-bond donors (Lipinski definition) is 0. The molecule has 0 radical (unpaired) electrons. The second-order valence-corrected chi connectivity index (χ2v) is 5.70. The largest absolute Gasteiger partial charge is 0.380 e. The Balaban J connectivity index is 2.04. The first-order chi connectivity index (χ1) is 9.53. The van der Waals surface area contributed by atoms with Gasteiger partial charge in [-0.1, -0.05) is 6.92 Å². The fraction of sp³-hybridized carbons (Fsp3) is 0.733. The zero-order valence-electron chi connectivity index (χ0n) is 13.3. The summed E-state index contributed by atoms with van der Waals surface area (Å²) in [5.41, 5.74) is 1.04. The van der Waals surface area contributed by atoms with Gasteiger partial charge in [0.1, 0.15) is 11.6 Å². The number of rotatable bonds is 5. The van der Waals surface area contributed by atoms with Crippen LogP contribution in [0.25, 0.3) is 0 Å². The van der Waals surface area contributed by atoms with E-state index in [1.807, 2.05) is 6.92 Å². The van der Waals surface area contributed by atoms with Gasteiger partial charge in [-0.2, -0.15) is 0 Å². The average Bonchev–Trinajstić information content (AvgIpc) is 2.78. The van der Waals surface area contributed by atoms with Gasteiger partial charge < -0.3 is 9.64 Å². The van der Waals surface area contributed by atoms with Gasteiger partial charge in [-0.05, 0) is 20.4 Å². The standard InChI is InChI=1S/C15H26N4O/c1-6-14-16-11(2)7-15(17-14)19(4)9-12-8-13(20-5)10-18(12)3/h7,12-13H,6,8-10H2,1-5H3/t12-,13-/m0/s1. The number of likely N-dealkylation sites (tertiary alicyclic amines) is 1. The summed E-state index contributed by atoms with van der Waals surface area (Å²) in [6.07, 6.45) is 2.32. The third kappa shape index (κ3) is 3.46.